The summed E-state index contributed by atoms with van der Waals surface area (Å²) in [6, 6.07) is 19.6. The lowest BCUT2D eigenvalue weighted by Crippen LogP contribution is -2.14. The van der Waals surface area contributed by atoms with Crippen LogP contribution in [0.1, 0.15) is 6.92 Å². The molecule has 0 saturated heterocycles. The molecule has 3 rings (SSSR count). The van der Waals surface area contributed by atoms with Crippen LogP contribution in [-0.4, -0.2) is 27.1 Å². The van der Waals surface area contributed by atoms with Crippen LogP contribution in [0.15, 0.2) is 77.8 Å². The van der Waals surface area contributed by atoms with Crippen LogP contribution in [0.4, 0.5) is 17.2 Å². The fourth-order valence-electron chi connectivity index (χ4n) is 2.52. The largest absolute Gasteiger partial charge is 0.494 e. The van der Waals surface area contributed by atoms with Crippen molar-refractivity contribution in [2.75, 3.05) is 23.3 Å². The molecular formula is C20H21N3O3S. The van der Waals surface area contributed by atoms with Crippen molar-refractivity contribution >= 4 is 27.2 Å². The lowest BCUT2D eigenvalue weighted by Gasteiger charge is -2.19. The van der Waals surface area contributed by atoms with Gasteiger partial charge in [-0.25, -0.2) is 13.4 Å². The Hall–Kier alpha value is -3.06. The summed E-state index contributed by atoms with van der Waals surface area (Å²) in [5, 5.41) is 0. The molecule has 0 radical (unpaired) electrons. The minimum Gasteiger partial charge on any atom is -0.494 e. The SMILES string of the molecule is CCOc1ccc(S(=O)(=O)Nc2ccc(N(C)c3ccccc3)cn2)cc1. The topological polar surface area (TPSA) is 71.5 Å². The first-order chi connectivity index (χ1) is 13.0. The smallest absolute Gasteiger partial charge is 0.263 e. The fourth-order valence-corrected chi connectivity index (χ4v) is 3.53. The van der Waals surface area contributed by atoms with E-state index in [9.17, 15) is 8.42 Å². The van der Waals surface area contributed by atoms with Crippen molar-refractivity contribution in [2.45, 2.75) is 11.8 Å². The van der Waals surface area contributed by atoms with Crippen molar-refractivity contribution in [1.82, 2.24) is 4.98 Å². The maximum absolute atomic E-state index is 12.5. The van der Waals surface area contributed by atoms with Crippen molar-refractivity contribution < 1.29 is 13.2 Å². The lowest BCUT2D eigenvalue weighted by molar-refractivity contribution is 0.340. The van der Waals surface area contributed by atoms with Crippen LogP contribution >= 0.6 is 0 Å². The zero-order valence-corrected chi connectivity index (χ0v) is 16.0. The molecule has 0 atom stereocenters. The van der Waals surface area contributed by atoms with Gasteiger partial charge in [0.2, 0.25) is 0 Å². The third kappa shape index (κ3) is 4.57. The fraction of sp³-hybridized carbons (Fsp3) is 0.150. The summed E-state index contributed by atoms with van der Waals surface area (Å²) in [5.74, 6) is 0.886. The van der Waals surface area contributed by atoms with Gasteiger partial charge in [-0.15, -0.1) is 0 Å². The van der Waals surface area contributed by atoms with Gasteiger partial charge in [0.05, 0.1) is 23.4 Å². The molecule has 140 valence electrons. The zero-order chi connectivity index (χ0) is 19.3. The van der Waals surface area contributed by atoms with Crippen molar-refractivity contribution in [3.63, 3.8) is 0 Å². The molecule has 1 heterocycles. The predicted octanol–water partition coefficient (Wildman–Crippen LogP) is 4.05. The molecular weight excluding hydrogens is 362 g/mol. The molecule has 0 aliphatic heterocycles. The number of pyridine rings is 1. The van der Waals surface area contributed by atoms with Crippen LogP contribution in [0.25, 0.3) is 0 Å². The highest BCUT2D eigenvalue weighted by atomic mass is 32.2. The molecule has 0 fully saturated rings. The van der Waals surface area contributed by atoms with E-state index in [0.717, 1.165) is 11.4 Å². The molecule has 6 nitrogen and oxygen atoms in total. The third-order valence-electron chi connectivity index (χ3n) is 3.96. The number of ether oxygens (including phenoxy) is 1. The first kappa shape index (κ1) is 18.7. The number of nitrogens with zero attached hydrogens (tertiary/aromatic N) is 2. The van der Waals surface area contributed by atoms with E-state index in [2.05, 4.69) is 9.71 Å². The summed E-state index contributed by atoms with van der Waals surface area (Å²) < 4.78 is 32.8. The Bertz CT molecular complexity index is 973. The van der Waals surface area contributed by atoms with Crippen molar-refractivity contribution in [2.24, 2.45) is 0 Å². The van der Waals surface area contributed by atoms with Crippen LogP contribution in [0.2, 0.25) is 0 Å². The van der Waals surface area contributed by atoms with E-state index in [-0.39, 0.29) is 10.7 Å². The first-order valence-electron chi connectivity index (χ1n) is 8.50. The summed E-state index contributed by atoms with van der Waals surface area (Å²) in [4.78, 5) is 6.35. The molecule has 1 N–H and O–H groups in total. The van der Waals surface area contributed by atoms with Gasteiger partial charge in [0.15, 0.2) is 0 Å². The maximum Gasteiger partial charge on any atom is 0.263 e. The summed E-state index contributed by atoms with van der Waals surface area (Å²) in [5.41, 5.74) is 1.87. The highest BCUT2D eigenvalue weighted by molar-refractivity contribution is 7.92. The minimum atomic E-state index is -3.71. The van der Waals surface area contributed by atoms with Gasteiger partial charge in [-0.05, 0) is 55.5 Å². The Balaban J connectivity index is 1.73. The van der Waals surface area contributed by atoms with E-state index in [1.807, 2.05) is 55.3 Å². The van der Waals surface area contributed by atoms with Gasteiger partial charge < -0.3 is 9.64 Å². The van der Waals surface area contributed by atoms with Gasteiger partial charge >= 0.3 is 0 Å². The molecule has 7 heteroatoms. The maximum atomic E-state index is 12.5. The van der Waals surface area contributed by atoms with Gasteiger partial charge in [0.1, 0.15) is 11.6 Å². The molecule has 0 amide bonds. The Morgan fingerprint density at radius 1 is 0.963 bits per heavy atom. The van der Waals surface area contributed by atoms with Crippen molar-refractivity contribution in [3.05, 3.63) is 72.9 Å². The number of sulfonamides is 1. The molecule has 0 unspecified atom stereocenters. The van der Waals surface area contributed by atoms with E-state index < -0.39 is 10.0 Å². The predicted molar refractivity (Wildman–Crippen MR) is 107 cm³/mol. The van der Waals surface area contributed by atoms with E-state index >= 15 is 0 Å². The number of anilines is 3. The summed E-state index contributed by atoms with van der Waals surface area (Å²) in [6.07, 6.45) is 1.63. The number of hydrogen-bond acceptors (Lipinski definition) is 5. The Morgan fingerprint density at radius 2 is 1.67 bits per heavy atom. The average molecular weight is 383 g/mol. The van der Waals surface area contributed by atoms with Gasteiger partial charge in [-0.3, -0.25) is 4.72 Å². The lowest BCUT2D eigenvalue weighted by atomic mass is 10.3. The van der Waals surface area contributed by atoms with Gasteiger partial charge in [-0.2, -0.15) is 0 Å². The number of nitrogens with one attached hydrogen (secondary N) is 1. The summed E-state index contributed by atoms with van der Waals surface area (Å²) in [6.45, 7) is 2.40. The van der Waals surface area contributed by atoms with Crippen LogP contribution in [-0.2, 0) is 10.0 Å². The highest BCUT2D eigenvalue weighted by Crippen LogP contribution is 2.24. The minimum absolute atomic E-state index is 0.151. The number of hydrogen-bond donors (Lipinski definition) is 1. The first-order valence-corrected chi connectivity index (χ1v) is 9.98. The Labute approximate surface area is 159 Å². The number of rotatable bonds is 7. The van der Waals surface area contributed by atoms with Crippen LogP contribution in [0.5, 0.6) is 5.75 Å². The van der Waals surface area contributed by atoms with E-state index in [1.54, 1.807) is 24.4 Å². The average Bonchev–Trinajstić information content (AvgIpc) is 2.69. The zero-order valence-electron chi connectivity index (χ0n) is 15.2. The van der Waals surface area contributed by atoms with Crippen LogP contribution in [0.3, 0.4) is 0 Å². The third-order valence-corrected chi connectivity index (χ3v) is 5.33. The second-order valence-electron chi connectivity index (χ2n) is 5.81. The van der Waals surface area contributed by atoms with Gasteiger partial charge in [0, 0.05) is 12.7 Å². The number of aromatic nitrogens is 1. The standard InChI is InChI=1S/C20H21N3O3S/c1-3-26-18-10-12-19(13-11-18)27(24,25)22-20-14-9-17(15-21-20)23(2)16-7-5-4-6-8-16/h4-15H,3H2,1-2H3,(H,21,22). The molecule has 3 aromatic rings. The van der Waals surface area contributed by atoms with Gasteiger partial charge in [0.25, 0.3) is 10.0 Å². The normalized spacial score (nSPS) is 11.0. The summed E-state index contributed by atoms with van der Waals surface area (Å²) in [7, 11) is -1.79. The second kappa shape index (κ2) is 8.09. The number of benzene rings is 2. The molecule has 27 heavy (non-hydrogen) atoms. The second-order valence-corrected chi connectivity index (χ2v) is 7.49. The van der Waals surface area contributed by atoms with Crippen LogP contribution in [0, 0.1) is 0 Å². The molecule has 0 bridgehead atoms. The van der Waals surface area contributed by atoms with Crippen molar-refractivity contribution in [3.8, 4) is 5.75 Å². The molecule has 0 aliphatic carbocycles. The Kier molecular flexibility index (Phi) is 5.61. The van der Waals surface area contributed by atoms with E-state index in [4.69, 9.17) is 4.74 Å². The van der Waals surface area contributed by atoms with Crippen LogP contribution < -0.4 is 14.4 Å². The molecule has 0 aliphatic rings. The Morgan fingerprint density at radius 3 is 2.26 bits per heavy atom. The number of para-hydroxylation sites is 1. The quantitative estimate of drug-likeness (QED) is 0.666. The van der Waals surface area contributed by atoms with Gasteiger partial charge in [-0.1, -0.05) is 18.2 Å². The van der Waals surface area contributed by atoms with E-state index in [1.165, 1.54) is 12.1 Å². The van der Waals surface area contributed by atoms with Crippen molar-refractivity contribution in [1.29, 1.82) is 0 Å². The molecule has 0 saturated carbocycles. The monoisotopic (exact) mass is 383 g/mol. The molecule has 0 spiro atoms. The molecule has 2 aromatic carbocycles. The summed E-state index contributed by atoms with van der Waals surface area (Å²) >= 11 is 0. The molecule has 1 aromatic heterocycles. The highest BCUT2D eigenvalue weighted by Gasteiger charge is 2.15. The van der Waals surface area contributed by atoms with E-state index in [0.29, 0.717) is 12.4 Å².